The average molecular weight is 287 g/mol. The molecule has 1 aromatic heterocycles. The average Bonchev–Trinajstić information content (AvgIpc) is 2.91. The first kappa shape index (κ1) is 12.9. The largest absolute Gasteiger partial charge is 0.504 e. The van der Waals surface area contributed by atoms with E-state index in [-0.39, 0.29) is 28.9 Å². The number of aromatic nitrogens is 2. The molecule has 4 N–H and O–H groups in total. The van der Waals surface area contributed by atoms with Gasteiger partial charge in [0.25, 0.3) is 5.89 Å². The predicted molar refractivity (Wildman–Crippen MR) is 72.9 cm³/mol. The van der Waals surface area contributed by atoms with Gasteiger partial charge in [-0.05, 0) is 36.4 Å². The number of nitrogen functional groups attached to an aromatic ring is 1. The molecule has 0 saturated carbocycles. The maximum atomic E-state index is 13.0. The lowest BCUT2D eigenvalue weighted by molar-refractivity contribution is 0.404. The predicted octanol–water partition coefficient (Wildman–Crippen LogP) is 2.54. The van der Waals surface area contributed by atoms with Gasteiger partial charge in [0.05, 0.1) is 5.56 Å². The van der Waals surface area contributed by atoms with Crippen molar-refractivity contribution in [3.8, 4) is 34.3 Å². The molecule has 21 heavy (non-hydrogen) atoms. The van der Waals surface area contributed by atoms with Crippen LogP contribution in [0.5, 0.6) is 11.5 Å². The van der Waals surface area contributed by atoms with E-state index in [4.69, 9.17) is 10.3 Å². The lowest BCUT2D eigenvalue weighted by Crippen LogP contribution is -1.91. The Morgan fingerprint density at radius 2 is 1.86 bits per heavy atom. The number of nitrogens with two attached hydrogens (primary N) is 1. The van der Waals surface area contributed by atoms with Gasteiger partial charge in [-0.1, -0.05) is 5.16 Å². The highest BCUT2D eigenvalue weighted by Gasteiger charge is 2.14. The van der Waals surface area contributed by atoms with E-state index in [1.807, 2.05) is 0 Å². The molecule has 0 fully saturated rings. The Labute approximate surface area is 118 Å². The van der Waals surface area contributed by atoms with Gasteiger partial charge in [-0.15, -0.1) is 0 Å². The molecule has 2 aromatic carbocycles. The smallest absolute Gasteiger partial charge is 0.260 e. The summed E-state index contributed by atoms with van der Waals surface area (Å²) in [6.45, 7) is 0. The lowest BCUT2D eigenvalue weighted by Gasteiger charge is -2.00. The van der Waals surface area contributed by atoms with E-state index in [0.29, 0.717) is 11.1 Å². The second kappa shape index (κ2) is 4.78. The van der Waals surface area contributed by atoms with Gasteiger partial charge in [0.1, 0.15) is 5.82 Å². The quantitative estimate of drug-likeness (QED) is 0.494. The number of phenols is 2. The minimum absolute atomic E-state index is 0.134. The number of nitrogens with zero attached hydrogens (tertiary/aromatic N) is 2. The Balaban J connectivity index is 2.01. The van der Waals surface area contributed by atoms with E-state index in [0.717, 1.165) is 6.07 Å². The third-order valence-corrected chi connectivity index (χ3v) is 2.90. The molecule has 6 nitrogen and oxygen atoms in total. The molecule has 0 aliphatic rings. The zero-order valence-corrected chi connectivity index (χ0v) is 10.6. The Morgan fingerprint density at radius 3 is 2.57 bits per heavy atom. The minimum Gasteiger partial charge on any atom is -0.504 e. The molecular formula is C14H10FN3O3. The number of hydrogen-bond acceptors (Lipinski definition) is 6. The number of phenolic OH excluding ortho intramolecular Hbond substituents is 2. The van der Waals surface area contributed by atoms with E-state index in [2.05, 4.69) is 10.1 Å². The molecular weight excluding hydrogens is 277 g/mol. The molecule has 0 bridgehead atoms. The van der Waals surface area contributed by atoms with Crippen LogP contribution < -0.4 is 5.73 Å². The Hall–Kier alpha value is -3.09. The zero-order chi connectivity index (χ0) is 15.0. The molecule has 0 aliphatic carbocycles. The third kappa shape index (κ3) is 2.36. The maximum Gasteiger partial charge on any atom is 0.260 e. The fourth-order valence-corrected chi connectivity index (χ4v) is 1.84. The SMILES string of the molecule is Nc1cc(F)ccc1-c1nc(-c2ccc(O)c(O)c2)no1. The number of halogens is 1. The van der Waals surface area contributed by atoms with Gasteiger partial charge in [-0.3, -0.25) is 0 Å². The first-order valence-electron chi connectivity index (χ1n) is 5.96. The summed E-state index contributed by atoms with van der Waals surface area (Å²) < 4.78 is 18.1. The van der Waals surface area contributed by atoms with E-state index in [9.17, 15) is 14.6 Å². The Morgan fingerprint density at radius 1 is 1.05 bits per heavy atom. The van der Waals surface area contributed by atoms with Crippen LogP contribution in [0.2, 0.25) is 0 Å². The van der Waals surface area contributed by atoms with Crippen LogP contribution in [-0.2, 0) is 0 Å². The highest BCUT2D eigenvalue weighted by molar-refractivity contribution is 5.71. The van der Waals surface area contributed by atoms with Crippen LogP contribution in [0, 0.1) is 5.82 Å². The summed E-state index contributed by atoms with van der Waals surface area (Å²) in [7, 11) is 0. The van der Waals surface area contributed by atoms with Crippen LogP contribution in [0.15, 0.2) is 40.9 Å². The van der Waals surface area contributed by atoms with Crippen LogP contribution in [-0.4, -0.2) is 20.4 Å². The summed E-state index contributed by atoms with van der Waals surface area (Å²) in [5.41, 5.74) is 6.76. The second-order valence-corrected chi connectivity index (χ2v) is 4.36. The van der Waals surface area contributed by atoms with Gasteiger partial charge in [-0.2, -0.15) is 4.98 Å². The van der Waals surface area contributed by atoms with Crippen molar-refractivity contribution < 1.29 is 19.1 Å². The number of benzene rings is 2. The van der Waals surface area contributed by atoms with E-state index in [1.54, 1.807) is 0 Å². The van der Waals surface area contributed by atoms with Gasteiger partial charge >= 0.3 is 0 Å². The summed E-state index contributed by atoms with van der Waals surface area (Å²) in [5, 5.41) is 22.5. The normalized spacial score (nSPS) is 10.7. The molecule has 106 valence electrons. The fraction of sp³-hybridized carbons (Fsp3) is 0. The maximum absolute atomic E-state index is 13.0. The molecule has 0 amide bonds. The van der Waals surface area contributed by atoms with Crippen molar-refractivity contribution in [1.29, 1.82) is 0 Å². The minimum atomic E-state index is -0.459. The first-order valence-corrected chi connectivity index (χ1v) is 5.96. The molecule has 3 aromatic rings. The number of rotatable bonds is 2. The van der Waals surface area contributed by atoms with Crippen LogP contribution >= 0.6 is 0 Å². The van der Waals surface area contributed by atoms with Gasteiger partial charge in [0.2, 0.25) is 5.82 Å². The molecule has 7 heteroatoms. The van der Waals surface area contributed by atoms with E-state index >= 15 is 0 Å². The Kier molecular flexibility index (Phi) is 2.94. The van der Waals surface area contributed by atoms with Crippen LogP contribution in [0.3, 0.4) is 0 Å². The summed E-state index contributed by atoms with van der Waals surface area (Å²) in [5.74, 6) is -0.649. The van der Waals surface area contributed by atoms with Crippen molar-refractivity contribution in [2.24, 2.45) is 0 Å². The fourth-order valence-electron chi connectivity index (χ4n) is 1.84. The van der Waals surface area contributed by atoms with Crippen molar-refractivity contribution in [3.05, 3.63) is 42.2 Å². The van der Waals surface area contributed by atoms with Crippen LogP contribution in [0.25, 0.3) is 22.8 Å². The van der Waals surface area contributed by atoms with Crippen molar-refractivity contribution in [1.82, 2.24) is 10.1 Å². The second-order valence-electron chi connectivity index (χ2n) is 4.36. The molecule has 0 saturated heterocycles. The van der Waals surface area contributed by atoms with Crippen LogP contribution in [0.1, 0.15) is 0 Å². The van der Waals surface area contributed by atoms with Crippen molar-refractivity contribution >= 4 is 5.69 Å². The number of anilines is 1. The van der Waals surface area contributed by atoms with Gasteiger partial charge in [0.15, 0.2) is 11.5 Å². The third-order valence-electron chi connectivity index (χ3n) is 2.90. The summed E-state index contributed by atoms with van der Waals surface area (Å²) >= 11 is 0. The highest BCUT2D eigenvalue weighted by Crippen LogP contribution is 2.31. The van der Waals surface area contributed by atoms with Crippen molar-refractivity contribution in [2.45, 2.75) is 0 Å². The summed E-state index contributed by atoms with van der Waals surface area (Å²) in [6, 6.07) is 7.98. The molecule has 0 atom stereocenters. The summed E-state index contributed by atoms with van der Waals surface area (Å²) in [4.78, 5) is 4.14. The molecule has 3 rings (SSSR count). The standard InChI is InChI=1S/C14H10FN3O3/c15-8-2-3-9(10(16)6-8)14-17-13(18-21-14)7-1-4-11(19)12(20)5-7/h1-6,19-20H,16H2. The van der Waals surface area contributed by atoms with E-state index in [1.165, 1.54) is 30.3 Å². The van der Waals surface area contributed by atoms with E-state index < -0.39 is 5.82 Å². The zero-order valence-electron chi connectivity index (χ0n) is 10.6. The van der Waals surface area contributed by atoms with Crippen molar-refractivity contribution in [2.75, 3.05) is 5.73 Å². The van der Waals surface area contributed by atoms with Crippen LogP contribution in [0.4, 0.5) is 10.1 Å². The highest BCUT2D eigenvalue weighted by atomic mass is 19.1. The topological polar surface area (TPSA) is 105 Å². The molecule has 0 spiro atoms. The molecule has 0 aliphatic heterocycles. The lowest BCUT2D eigenvalue weighted by atomic mass is 10.1. The monoisotopic (exact) mass is 287 g/mol. The Bertz CT molecular complexity index is 817. The van der Waals surface area contributed by atoms with Crippen molar-refractivity contribution in [3.63, 3.8) is 0 Å². The first-order chi connectivity index (χ1) is 10.0. The number of aromatic hydroxyl groups is 2. The van der Waals surface area contributed by atoms with Gasteiger partial charge in [0, 0.05) is 11.3 Å². The summed E-state index contributed by atoms with van der Waals surface area (Å²) in [6.07, 6.45) is 0. The van der Waals surface area contributed by atoms with Gasteiger partial charge < -0.3 is 20.5 Å². The molecule has 0 radical (unpaired) electrons. The number of hydrogen-bond donors (Lipinski definition) is 3. The molecule has 0 unspecified atom stereocenters. The van der Waals surface area contributed by atoms with Gasteiger partial charge in [-0.25, -0.2) is 4.39 Å². The molecule has 1 heterocycles.